The Labute approximate surface area is 200 Å². The van der Waals surface area contributed by atoms with Crippen LogP contribution in [0.15, 0.2) is 53.3 Å². The van der Waals surface area contributed by atoms with Crippen LogP contribution >= 0.6 is 11.8 Å². The number of carbonyl (C=O) groups excluding carboxylic acids is 2. The van der Waals surface area contributed by atoms with E-state index in [0.29, 0.717) is 41.3 Å². The Morgan fingerprint density at radius 3 is 3.03 bits per heavy atom. The van der Waals surface area contributed by atoms with Crippen molar-refractivity contribution in [3.8, 4) is 5.88 Å². The molecular formula is C24H24N6O3S. The van der Waals surface area contributed by atoms with Gasteiger partial charge in [0.1, 0.15) is 10.5 Å². The van der Waals surface area contributed by atoms with Gasteiger partial charge in [-0.05, 0) is 43.0 Å². The number of hydrogen-bond donors (Lipinski definition) is 3. The normalized spacial score (nSPS) is 17.5. The summed E-state index contributed by atoms with van der Waals surface area (Å²) in [5.41, 5.74) is 4.45. The van der Waals surface area contributed by atoms with Crippen molar-refractivity contribution in [1.29, 1.82) is 0 Å². The molecule has 3 aromatic rings. The topological polar surface area (TPSA) is 118 Å². The van der Waals surface area contributed by atoms with Crippen LogP contribution in [-0.2, 0) is 16.1 Å². The van der Waals surface area contributed by atoms with Crippen LogP contribution in [0.5, 0.6) is 5.88 Å². The van der Waals surface area contributed by atoms with Crippen LogP contribution < -0.4 is 20.7 Å². The minimum Gasteiger partial charge on any atom is -0.481 e. The number of aromatic nitrogens is 3. The predicted octanol–water partition coefficient (Wildman–Crippen LogP) is 3.28. The summed E-state index contributed by atoms with van der Waals surface area (Å²) in [5, 5.41) is 10.2. The Hall–Kier alpha value is -3.50. The summed E-state index contributed by atoms with van der Waals surface area (Å²) in [6.45, 7) is 0.650. The highest BCUT2D eigenvalue weighted by Gasteiger charge is 2.21. The second-order valence-corrected chi connectivity index (χ2v) is 9.11. The number of amides is 2. The molecule has 3 N–H and O–H groups in total. The first kappa shape index (κ1) is 22.3. The average molecular weight is 477 g/mol. The molecule has 0 spiro atoms. The van der Waals surface area contributed by atoms with E-state index in [-0.39, 0.29) is 17.9 Å². The lowest BCUT2D eigenvalue weighted by atomic mass is 9.94. The Morgan fingerprint density at radius 1 is 1.29 bits per heavy atom. The number of nitrogens with one attached hydrogen (secondary N) is 3. The Balaban J connectivity index is 1.19. The van der Waals surface area contributed by atoms with Crippen LogP contribution in [0.25, 0.3) is 11.0 Å². The van der Waals surface area contributed by atoms with Crippen LogP contribution in [-0.4, -0.2) is 45.7 Å². The summed E-state index contributed by atoms with van der Waals surface area (Å²) in [7, 11) is 1.55. The van der Waals surface area contributed by atoms with Crippen molar-refractivity contribution < 1.29 is 14.3 Å². The van der Waals surface area contributed by atoms with Gasteiger partial charge in [-0.25, -0.2) is 9.97 Å². The first-order valence-corrected chi connectivity index (χ1v) is 12.0. The second-order valence-electron chi connectivity index (χ2n) is 8.15. The first-order chi connectivity index (χ1) is 16.6. The molecule has 2 aliphatic rings. The summed E-state index contributed by atoms with van der Waals surface area (Å²) in [6, 6.07) is 7.54. The molecule has 1 aliphatic carbocycles. The lowest BCUT2D eigenvalue weighted by molar-refractivity contribution is -0.114. The zero-order valence-electron chi connectivity index (χ0n) is 18.6. The molecule has 3 aromatic heterocycles. The van der Waals surface area contributed by atoms with Crippen LogP contribution in [0.3, 0.4) is 0 Å². The van der Waals surface area contributed by atoms with Crippen molar-refractivity contribution in [3.63, 3.8) is 0 Å². The number of nitrogens with zero attached hydrogens (tertiary/aromatic N) is 3. The largest absolute Gasteiger partial charge is 0.481 e. The summed E-state index contributed by atoms with van der Waals surface area (Å²) >= 11 is 1.45. The van der Waals surface area contributed by atoms with Crippen LogP contribution in [0.2, 0.25) is 0 Å². The summed E-state index contributed by atoms with van der Waals surface area (Å²) in [4.78, 5) is 37.7. The number of hydrogen-bond acceptors (Lipinski definition) is 8. The molecule has 0 radical (unpaired) electrons. The second kappa shape index (κ2) is 9.78. The number of rotatable bonds is 6. The first-order valence-electron chi connectivity index (χ1n) is 11.0. The molecular weight excluding hydrogens is 452 g/mol. The molecule has 0 unspecified atom stereocenters. The number of carbonyl (C=O) groups is 2. The lowest BCUT2D eigenvalue weighted by Crippen LogP contribution is -2.31. The van der Waals surface area contributed by atoms with Crippen molar-refractivity contribution in [3.05, 3.63) is 53.9 Å². The Morgan fingerprint density at radius 2 is 2.21 bits per heavy atom. The van der Waals surface area contributed by atoms with E-state index in [1.807, 2.05) is 24.4 Å². The van der Waals surface area contributed by atoms with Gasteiger partial charge in [-0.2, -0.15) is 0 Å². The fourth-order valence-electron chi connectivity index (χ4n) is 4.03. The molecule has 34 heavy (non-hydrogen) atoms. The molecule has 0 fully saturated rings. The maximum absolute atomic E-state index is 12.9. The zero-order valence-corrected chi connectivity index (χ0v) is 19.4. The van der Waals surface area contributed by atoms with Gasteiger partial charge in [0.05, 0.1) is 29.8 Å². The number of thioether (sulfide) groups is 1. The molecule has 1 atom stereocenters. The number of methoxy groups -OCH3 is 1. The third-order valence-corrected chi connectivity index (χ3v) is 6.84. The molecule has 4 heterocycles. The van der Waals surface area contributed by atoms with Gasteiger partial charge in [-0.15, -0.1) is 0 Å². The van der Waals surface area contributed by atoms with Gasteiger partial charge in [-0.3, -0.25) is 14.6 Å². The summed E-state index contributed by atoms with van der Waals surface area (Å²) in [5.74, 6) is 0.756. The Bertz CT molecular complexity index is 1290. The molecule has 5 rings (SSSR count). The van der Waals surface area contributed by atoms with E-state index in [0.717, 1.165) is 34.7 Å². The van der Waals surface area contributed by atoms with Gasteiger partial charge in [-0.1, -0.05) is 17.8 Å². The molecule has 0 saturated carbocycles. The predicted molar refractivity (Wildman–Crippen MR) is 131 cm³/mol. The molecule has 0 saturated heterocycles. The number of pyridine rings is 3. The van der Waals surface area contributed by atoms with Gasteiger partial charge in [0, 0.05) is 36.6 Å². The van der Waals surface area contributed by atoms with Crippen molar-refractivity contribution in [2.24, 2.45) is 0 Å². The van der Waals surface area contributed by atoms with Gasteiger partial charge >= 0.3 is 0 Å². The highest BCUT2D eigenvalue weighted by molar-refractivity contribution is 8.00. The van der Waals surface area contributed by atoms with E-state index in [9.17, 15) is 9.59 Å². The third kappa shape index (κ3) is 4.87. The van der Waals surface area contributed by atoms with Gasteiger partial charge in [0.2, 0.25) is 11.8 Å². The molecule has 1 aliphatic heterocycles. The lowest BCUT2D eigenvalue weighted by Gasteiger charge is -2.23. The van der Waals surface area contributed by atoms with E-state index in [1.165, 1.54) is 11.8 Å². The molecule has 2 amide bonds. The fraction of sp³-hybridized carbons (Fsp3) is 0.292. The van der Waals surface area contributed by atoms with Gasteiger partial charge in [0.25, 0.3) is 5.91 Å². The van der Waals surface area contributed by atoms with Crippen molar-refractivity contribution >= 4 is 46.0 Å². The summed E-state index contributed by atoms with van der Waals surface area (Å²) in [6.07, 6.45) is 7.79. The summed E-state index contributed by atoms with van der Waals surface area (Å²) < 4.78 is 5.20. The maximum atomic E-state index is 12.9. The average Bonchev–Trinajstić information content (AvgIpc) is 2.87. The van der Waals surface area contributed by atoms with Crippen molar-refractivity contribution in [2.75, 3.05) is 23.5 Å². The monoisotopic (exact) mass is 476 g/mol. The molecule has 0 aromatic carbocycles. The standard InChI is InChI=1S/C24H24N6O3S/c1-33-21-7-6-17-22(30-21)18(8-9-25-17)29-23(32)15-2-4-16(5-3-15)26-11-14-10-19-24(27-12-14)34-13-20(31)28-19/h2,6-10,12,16,26H,3-5,11,13H2,1H3,(H,28,31)(H,25,29,32)/t16-/m0/s1. The molecule has 174 valence electrons. The van der Waals surface area contributed by atoms with Gasteiger partial charge in [0.15, 0.2) is 0 Å². The van der Waals surface area contributed by atoms with Crippen LogP contribution in [0, 0.1) is 0 Å². The van der Waals surface area contributed by atoms with Crippen molar-refractivity contribution in [1.82, 2.24) is 20.3 Å². The molecule has 0 bridgehead atoms. The van der Waals surface area contributed by atoms with E-state index in [1.54, 1.807) is 25.4 Å². The molecule has 9 nitrogen and oxygen atoms in total. The minimum atomic E-state index is -0.123. The third-order valence-electron chi connectivity index (χ3n) is 5.83. The Kier molecular flexibility index (Phi) is 6.41. The van der Waals surface area contributed by atoms with Crippen LogP contribution in [0.4, 0.5) is 11.4 Å². The number of fused-ring (bicyclic) bond motifs is 2. The van der Waals surface area contributed by atoms with Gasteiger partial charge < -0.3 is 20.7 Å². The van der Waals surface area contributed by atoms with E-state index in [2.05, 4.69) is 30.9 Å². The number of ether oxygens (including phenoxy) is 1. The highest BCUT2D eigenvalue weighted by atomic mass is 32.2. The van der Waals surface area contributed by atoms with E-state index >= 15 is 0 Å². The fourth-order valence-corrected chi connectivity index (χ4v) is 4.76. The quantitative estimate of drug-likeness (QED) is 0.496. The van der Waals surface area contributed by atoms with Crippen LogP contribution in [0.1, 0.15) is 24.8 Å². The van der Waals surface area contributed by atoms with Crippen molar-refractivity contribution in [2.45, 2.75) is 36.9 Å². The number of anilines is 2. The smallest absolute Gasteiger partial charge is 0.251 e. The molecule has 10 heteroatoms. The highest BCUT2D eigenvalue weighted by Crippen LogP contribution is 2.30. The van der Waals surface area contributed by atoms with E-state index in [4.69, 9.17) is 4.74 Å². The van der Waals surface area contributed by atoms with E-state index < -0.39 is 0 Å². The maximum Gasteiger partial charge on any atom is 0.251 e. The zero-order chi connectivity index (χ0) is 23.5. The minimum absolute atomic E-state index is 0.00214. The SMILES string of the molecule is COc1ccc2nccc(NC(=O)C3=CC[C@H](NCc4cnc5c(c4)NC(=O)CS5)CC3)c2n1.